The molecule has 1 N–H and O–H groups in total. The molecule has 142 valence electrons. The summed E-state index contributed by atoms with van der Waals surface area (Å²) in [4.78, 5) is 41.7. The van der Waals surface area contributed by atoms with E-state index in [4.69, 9.17) is 16.3 Å². The third kappa shape index (κ3) is 3.21. The van der Waals surface area contributed by atoms with Gasteiger partial charge in [0.1, 0.15) is 12.3 Å². The van der Waals surface area contributed by atoms with Gasteiger partial charge in [0.2, 0.25) is 5.91 Å². The number of carbonyl (C=O) groups is 1. The summed E-state index contributed by atoms with van der Waals surface area (Å²) in [6.07, 6.45) is 1.44. The molecular weight excluding hydrogens is 374 g/mol. The summed E-state index contributed by atoms with van der Waals surface area (Å²) in [6, 6.07) is 3.24. The molecule has 1 aromatic carbocycles. The van der Waals surface area contributed by atoms with Gasteiger partial charge in [-0.25, -0.2) is 14.3 Å². The monoisotopic (exact) mass is 391 g/mol. The summed E-state index contributed by atoms with van der Waals surface area (Å²) in [7, 11) is 4.59. The van der Waals surface area contributed by atoms with Crippen LogP contribution < -0.4 is 21.3 Å². The normalized spacial score (nSPS) is 11.0. The molecule has 0 bridgehead atoms. The number of fused-ring (bicyclic) bond motifs is 1. The second-order valence-electron chi connectivity index (χ2n) is 6.11. The van der Waals surface area contributed by atoms with E-state index in [1.165, 1.54) is 29.6 Å². The topological polar surface area (TPSA) is 100 Å². The van der Waals surface area contributed by atoms with Crippen molar-refractivity contribution in [2.75, 3.05) is 12.4 Å². The number of aromatic nitrogens is 4. The first-order valence-corrected chi connectivity index (χ1v) is 8.37. The lowest BCUT2D eigenvalue weighted by Gasteiger charge is -2.13. The second-order valence-corrected chi connectivity index (χ2v) is 6.52. The maximum absolute atomic E-state index is 12.7. The summed E-state index contributed by atoms with van der Waals surface area (Å²) in [5.74, 6) is -0.169. The highest BCUT2D eigenvalue weighted by molar-refractivity contribution is 6.31. The van der Waals surface area contributed by atoms with Crippen LogP contribution in [0.5, 0.6) is 5.75 Å². The van der Waals surface area contributed by atoms with Crippen molar-refractivity contribution in [3.63, 3.8) is 0 Å². The molecule has 0 saturated heterocycles. The van der Waals surface area contributed by atoms with E-state index in [1.807, 2.05) is 0 Å². The van der Waals surface area contributed by atoms with Crippen molar-refractivity contribution in [1.82, 2.24) is 18.7 Å². The van der Waals surface area contributed by atoms with E-state index in [1.54, 1.807) is 26.1 Å². The molecular formula is C17H18ClN5O4. The smallest absolute Gasteiger partial charge is 0.332 e. The van der Waals surface area contributed by atoms with E-state index in [2.05, 4.69) is 10.3 Å². The highest BCUT2D eigenvalue weighted by Gasteiger charge is 2.18. The Hall–Kier alpha value is -3.07. The first-order valence-electron chi connectivity index (χ1n) is 7.99. The van der Waals surface area contributed by atoms with E-state index in [-0.39, 0.29) is 11.2 Å². The van der Waals surface area contributed by atoms with E-state index in [0.29, 0.717) is 16.5 Å². The number of hydrogen-bond acceptors (Lipinski definition) is 5. The number of benzene rings is 1. The molecule has 0 saturated carbocycles. The number of carbonyl (C=O) groups excluding carboxylic acids is 1. The van der Waals surface area contributed by atoms with Gasteiger partial charge in [0.25, 0.3) is 5.56 Å². The molecule has 0 radical (unpaired) electrons. The van der Waals surface area contributed by atoms with Gasteiger partial charge in [-0.3, -0.25) is 14.2 Å². The molecule has 0 unspecified atom stereocenters. The molecule has 27 heavy (non-hydrogen) atoms. The highest BCUT2D eigenvalue weighted by Crippen LogP contribution is 2.30. The van der Waals surface area contributed by atoms with E-state index in [0.717, 1.165) is 10.1 Å². The van der Waals surface area contributed by atoms with Crippen LogP contribution in [0.25, 0.3) is 11.2 Å². The second kappa shape index (κ2) is 6.92. The van der Waals surface area contributed by atoms with Crippen LogP contribution in [0.15, 0.2) is 28.0 Å². The third-order valence-corrected chi connectivity index (χ3v) is 4.66. The molecule has 0 atom stereocenters. The first kappa shape index (κ1) is 18.7. The molecule has 3 rings (SSSR count). The van der Waals surface area contributed by atoms with Gasteiger partial charge >= 0.3 is 5.69 Å². The lowest BCUT2D eigenvalue weighted by atomic mass is 10.2. The highest BCUT2D eigenvalue weighted by atomic mass is 35.5. The van der Waals surface area contributed by atoms with Crippen molar-refractivity contribution in [1.29, 1.82) is 0 Å². The lowest BCUT2D eigenvalue weighted by molar-refractivity contribution is -0.116. The van der Waals surface area contributed by atoms with Crippen LogP contribution in [0.4, 0.5) is 5.69 Å². The van der Waals surface area contributed by atoms with Gasteiger partial charge < -0.3 is 14.6 Å². The van der Waals surface area contributed by atoms with Crippen LogP contribution in [-0.2, 0) is 25.4 Å². The Morgan fingerprint density at radius 1 is 1.30 bits per heavy atom. The quantitative estimate of drug-likeness (QED) is 0.716. The Morgan fingerprint density at radius 2 is 2.00 bits per heavy atom. The van der Waals surface area contributed by atoms with Gasteiger partial charge in [-0.2, -0.15) is 0 Å². The van der Waals surface area contributed by atoms with Gasteiger partial charge in [-0.15, -0.1) is 0 Å². The summed E-state index contributed by atoms with van der Waals surface area (Å²) >= 11 is 6.06. The van der Waals surface area contributed by atoms with Gasteiger partial charge in [-0.1, -0.05) is 11.6 Å². The van der Waals surface area contributed by atoms with Crippen LogP contribution in [0, 0.1) is 6.92 Å². The molecule has 2 heterocycles. The zero-order chi connectivity index (χ0) is 19.9. The Morgan fingerprint density at radius 3 is 2.67 bits per heavy atom. The average molecular weight is 392 g/mol. The van der Waals surface area contributed by atoms with E-state index < -0.39 is 23.7 Å². The van der Waals surface area contributed by atoms with Crippen molar-refractivity contribution < 1.29 is 9.53 Å². The van der Waals surface area contributed by atoms with Crippen LogP contribution in [0.1, 0.15) is 5.56 Å². The minimum absolute atomic E-state index is 0.241. The lowest BCUT2D eigenvalue weighted by Crippen LogP contribution is -2.42. The van der Waals surface area contributed by atoms with Crippen molar-refractivity contribution in [2.45, 2.75) is 13.5 Å². The van der Waals surface area contributed by atoms with E-state index >= 15 is 0 Å². The number of rotatable bonds is 4. The molecule has 0 spiro atoms. The number of imidazole rings is 1. The van der Waals surface area contributed by atoms with Crippen LogP contribution in [0.3, 0.4) is 0 Å². The third-order valence-electron chi connectivity index (χ3n) is 4.26. The number of nitrogens with zero attached hydrogens (tertiary/aromatic N) is 4. The fourth-order valence-corrected chi connectivity index (χ4v) is 2.95. The number of ether oxygens (including phenoxy) is 1. The first-order chi connectivity index (χ1) is 12.7. The average Bonchev–Trinajstić information content (AvgIpc) is 3.01. The summed E-state index contributed by atoms with van der Waals surface area (Å²) in [5.41, 5.74) is 0.445. The Kier molecular flexibility index (Phi) is 4.79. The Bertz CT molecular complexity index is 1170. The van der Waals surface area contributed by atoms with Gasteiger partial charge in [0.05, 0.1) is 19.1 Å². The fourth-order valence-electron chi connectivity index (χ4n) is 2.80. The molecule has 0 fully saturated rings. The standard InChI is InChI=1S/C17H18ClN5O4/c1-9-5-11(12(27-4)6-10(9)18)20-13(24)7-23-16(25)14-15(19-8-21(14)2)22(3)17(23)26/h5-6,8H,7H2,1-4H3,(H,20,24). The van der Waals surface area contributed by atoms with Crippen LogP contribution in [-0.4, -0.2) is 31.7 Å². The predicted molar refractivity (Wildman–Crippen MR) is 102 cm³/mol. The fraction of sp³-hybridized carbons (Fsp3) is 0.294. The number of amides is 1. The minimum atomic E-state index is -0.624. The molecule has 1 amide bonds. The van der Waals surface area contributed by atoms with Crippen molar-refractivity contribution in [3.8, 4) is 5.75 Å². The molecule has 2 aromatic heterocycles. The number of hydrogen-bond donors (Lipinski definition) is 1. The van der Waals surface area contributed by atoms with E-state index in [9.17, 15) is 14.4 Å². The van der Waals surface area contributed by atoms with Gasteiger partial charge in [0.15, 0.2) is 11.2 Å². The molecule has 0 aliphatic heterocycles. The van der Waals surface area contributed by atoms with Crippen LogP contribution in [0.2, 0.25) is 5.02 Å². The number of anilines is 1. The van der Waals surface area contributed by atoms with Crippen molar-refractivity contribution in [2.24, 2.45) is 14.1 Å². The summed E-state index contributed by atoms with van der Waals surface area (Å²) in [6.45, 7) is 1.34. The molecule has 10 heteroatoms. The summed E-state index contributed by atoms with van der Waals surface area (Å²) < 4.78 is 8.83. The summed E-state index contributed by atoms with van der Waals surface area (Å²) in [5, 5.41) is 3.15. The number of halogens is 1. The van der Waals surface area contributed by atoms with Gasteiger partial charge in [0, 0.05) is 25.2 Å². The zero-order valence-corrected chi connectivity index (χ0v) is 16.0. The minimum Gasteiger partial charge on any atom is -0.495 e. The SMILES string of the molecule is COc1cc(Cl)c(C)cc1NC(=O)Cn1c(=O)c2c(ncn2C)n(C)c1=O. The molecule has 3 aromatic rings. The maximum atomic E-state index is 12.7. The van der Waals surface area contributed by atoms with Crippen molar-refractivity contribution >= 4 is 34.4 Å². The van der Waals surface area contributed by atoms with Crippen molar-refractivity contribution in [3.05, 3.63) is 49.9 Å². The van der Waals surface area contributed by atoms with Crippen LogP contribution >= 0.6 is 11.6 Å². The zero-order valence-electron chi connectivity index (χ0n) is 15.2. The predicted octanol–water partition coefficient (Wildman–Crippen LogP) is 1.04. The Balaban J connectivity index is 1.98. The number of aryl methyl sites for hydroxylation is 3. The van der Waals surface area contributed by atoms with Gasteiger partial charge in [-0.05, 0) is 18.6 Å². The Labute approximate surface area is 158 Å². The molecule has 0 aliphatic carbocycles. The number of nitrogens with one attached hydrogen (secondary N) is 1. The molecule has 0 aliphatic rings. The number of methoxy groups -OCH3 is 1. The largest absolute Gasteiger partial charge is 0.495 e. The molecule has 9 nitrogen and oxygen atoms in total. The maximum Gasteiger partial charge on any atom is 0.332 e.